The van der Waals surface area contributed by atoms with Gasteiger partial charge in [0.05, 0.1) is 11.2 Å². The third-order valence-corrected chi connectivity index (χ3v) is 9.47. The van der Waals surface area contributed by atoms with Gasteiger partial charge in [-0.2, -0.15) is 0 Å². The molecule has 8 aromatic carbocycles. The van der Waals surface area contributed by atoms with Gasteiger partial charge in [-0.3, -0.25) is 0 Å². The first kappa shape index (κ1) is 29.5. The third kappa shape index (κ3) is 5.63. The monoisotopic (exact) mass is 636 g/mol. The molecular formula is C48H32N2. The van der Waals surface area contributed by atoms with Crippen molar-refractivity contribution < 1.29 is 0 Å². The summed E-state index contributed by atoms with van der Waals surface area (Å²) in [5.74, 6) is 0.712. The normalized spacial score (nSPS) is 11.2. The van der Waals surface area contributed by atoms with E-state index in [0.29, 0.717) is 5.82 Å². The molecule has 0 atom stereocenters. The van der Waals surface area contributed by atoms with Crippen molar-refractivity contribution in [2.45, 2.75) is 0 Å². The molecule has 234 valence electrons. The zero-order chi connectivity index (χ0) is 33.3. The van der Waals surface area contributed by atoms with E-state index in [1.165, 1.54) is 38.8 Å². The van der Waals surface area contributed by atoms with Crippen LogP contribution >= 0.6 is 0 Å². The molecule has 0 radical (unpaired) electrons. The van der Waals surface area contributed by atoms with Gasteiger partial charge in [0.25, 0.3) is 0 Å². The van der Waals surface area contributed by atoms with Gasteiger partial charge in [0.2, 0.25) is 0 Å². The van der Waals surface area contributed by atoms with Crippen molar-refractivity contribution in [1.82, 2.24) is 9.97 Å². The van der Waals surface area contributed by atoms with Gasteiger partial charge in [-0.1, -0.05) is 170 Å². The molecule has 0 aliphatic rings. The molecule has 0 unspecified atom stereocenters. The average Bonchev–Trinajstić information content (AvgIpc) is 3.21. The number of fused-ring (bicyclic) bond motifs is 3. The minimum absolute atomic E-state index is 0.712. The Bertz CT molecular complexity index is 2620. The van der Waals surface area contributed by atoms with Crippen LogP contribution < -0.4 is 0 Å². The Morgan fingerprint density at radius 3 is 1.32 bits per heavy atom. The number of benzene rings is 8. The quantitative estimate of drug-likeness (QED) is 0.170. The summed E-state index contributed by atoms with van der Waals surface area (Å²) in [6, 6.07) is 68.7. The smallest absolute Gasteiger partial charge is 0.160 e. The Morgan fingerprint density at radius 1 is 0.280 bits per heavy atom. The van der Waals surface area contributed by atoms with Crippen LogP contribution in [0.3, 0.4) is 0 Å². The fourth-order valence-electron chi connectivity index (χ4n) is 6.92. The van der Waals surface area contributed by atoms with E-state index in [1.807, 2.05) is 0 Å². The highest BCUT2D eigenvalue weighted by atomic mass is 14.9. The molecule has 0 fully saturated rings. The van der Waals surface area contributed by atoms with Crippen molar-refractivity contribution in [1.29, 1.82) is 0 Å². The SMILES string of the molecule is c1ccc(-c2cccc(-c3ccc(-c4nc(-c5cccc(-c6cccc(-c7ccccc7)c6)c5)nc5ccc6ccccc6c45)cc3)c2)cc1. The summed E-state index contributed by atoms with van der Waals surface area (Å²) >= 11 is 0. The number of rotatable bonds is 6. The molecule has 0 saturated heterocycles. The second-order valence-electron chi connectivity index (χ2n) is 12.6. The molecule has 9 aromatic rings. The van der Waals surface area contributed by atoms with Crippen molar-refractivity contribution in [3.8, 4) is 67.2 Å². The summed E-state index contributed by atoms with van der Waals surface area (Å²) in [7, 11) is 0. The largest absolute Gasteiger partial charge is 0.228 e. The molecule has 0 bridgehead atoms. The lowest BCUT2D eigenvalue weighted by molar-refractivity contribution is 1.23. The minimum Gasteiger partial charge on any atom is -0.228 e. The zero-order valence-electron chi connectivity index (χ0n) is 27.4. The maximum atomic E-state index is 5.34. The predicted molar refractivity (Wildman–Crippen MR) is 210 cm³/mol. The first-order valence-corrected chi connectivity index (χ1v) is 17.0. The first-order chi connectivity index (χ1) is 24.8. The minimum atomic E-state index is 0.712. The maximum Gasteiger partial charge on any atom is 0.160 e. The van der Waals surface area contributed by atoms with Crippen molar-refractivity contribution >= 4 is 21.7 Å². The molecule has 0 saturated carbocycles. The lowest BCUT2D eigenvalue weighted by Crippen LogP contribution is -1.96. The van der Waals surface area contributed by atoms with Crippen LogP contribution in [0.2, 0.25) is 0 Å². The van der Waals surface area contributed by atoms with Crippen LogP contribution in [0.25, 0.3) is 88.8 Å². The fraction of sp³-hybridized carbons (Fsp3) is 0. The van der Waals surface area contributed by atoms with Crippen LogP contribution in [0.15, 0.2) is 194 Å². The molecular weight excluding hydrogens is 605 g/mol. The summed E-state index contributed by atoms with van der Waals surface area (Å²) < 4.78 is 0. The topological polar surface area (TPSA) is 25.8 Å². The van der Waals surface area contributed by atoms with Gasteiger partial charge in [-0.15, -0.1) is 0 Å². The van der Waals surface area contributed by atoms with Crippen LogP contribution in [-0.2, 0) is 0 Å². The van der Waals surface area contributed by atoms with Crippen molar-refractivity contribution in [2.75, 3.05) is 0 Å². The summed E-state index contributed by atoms with van der Waals surface area (Å²) in [5.41, 5.74) is 13.4. The molecule has 9 rings (SSSR count). The molecule has 1 heterocycles. The number of aromatic nitrogens is 2. The fourth-order valence-corrected chi connectivity index (χ4v) is 6.92. The molecule has 0 spiro atoms. The Labute approximate surface area is 292 Å². The van der Waals surface area contributed by atoms with Crippen LogP contribution in [0.4, 0.5) is 0 Å². The van der Waals surface area contributed by atoms with E-state index < -0.39 is 0 Å². The average molecular weight is 637 g/mol. The lowest BCUT2D eigenvalue weighted by atomic mass is 9.96. The Kier molecular flexibility index (Phi) is 7.53. The van der Waals surface area contributed by atoms with Gasteiger partial charge < -0.3 is 0 Å². The highest BCUT2D eigenvalue weighted by molar-refractivity contribution is 6.12. The molecule has 0 aliphatic carbocycles. The van der Waals surface area contributed by atoms with Crippen LogP contribution in [0, 0.1) is 0 Å². The van der Waals surface area contributed by atoms with Gasteiger partial charge in [0.1, 0.15) is 0 Å². The van der Waals surface area contributed by atoms with Gasteiger partial charge in [0.15, 0.2) is 5.82 Å². The Hall–Kier alpha value is -6.64. The Morgan fingerprint density at radius 2 is 0.720 bits per heavy atom. The number of hydrogen-bond acceptors (Lipinski definition) is 2. The maximum absolute atomic E-state index is 5.34. The Balaban J connectivity index is 1.15. The van der Waals surface area contributed by atoms with Gasteiger partial charge >= 0.3 is 0 Å². The summed E-state index contributed by atoms with van der Waals surface area (Å²) in [4.78, 5) is 10.5. The summed E-state index contributed by atoms with van der Waals surface area (Å²) in [6.07, 6.45) is 0. The molecule has 50 heavy (non-hydrogen) atoms. The molecule has 0 amide bonds. The van der Waals surface area contributed by atoms with E-state index in [4.69, 9.17) is 9.97 Å². The van der Waals surface area contributed by atoms with Crippen LogP contribution in [-0.4, -0.2) is 9.97 Å². The van der Waals surface area contributed by atoms with E-state index in [2.05, 4.69) is 194 Å². The first-order valence-electron chi connectivity index (χ1n) is 17.0. The van der Waals surface area contributed by atoms with E-state index in [1.54, 1.807) is 0 Å². The van der Waals surface area contributed by atoms with Crippen LogP contribution in [0.1, 0.15) is 0 Å². The van der Waals surface area contributed by atoms with Crippen molar-refractivity contribution in [3.63, 3.8) is 0 Å². The number of hydrogen-bond donors (Lipinski definition) is 0. The second-order valence-corrected chi connectivity index (χ2v) is 12.6. The summed E-state index contributed by atoms with van der Waals surface area (Å²) in [6.45, 7) is 0. The van der Waals surface area contributed by atoms with E-state index in [9.17, 15) is 0 Å². The van der Waals surface area contributed by atoms with Crippen molar-refractivity contribution in [2.24, 2.45) is 0 Å². The third-order valence-electron chi connectivity index (χ3n) is 9.47. The zero-order valence-corrected chi connectivity index (χ0v) is 27.4. The molecule has 2 nitrogen and oxygen atoms in total. The standard InChI is InChI=1S/C48H32N2/c1-3-12-33(13-4-1)38-17-9-19-40(30-38)35-24-26-37(27-25-35)47-46-44-23-8-7-16-36(44)28-29-45(46)49-48(50-47)43-22-11-21-42(32-43)41-20-10-18-39(31-41)34-14-5-2-6-15-34/h1-32H. The van der Waals surface area contributed by atoms with E-state index in [0.717, 1.165) is 44.2 Å². The summed E-state index contributed by atoms with van der Waals surface area (Å²) in [5, 5.41) is 3.39. The second kappa shape index (κ2) is 12.8. The highest BCUT2D eigenvalue weighted by Crippen LogP contribution is 2.37. The van der Waals surface area contributed by atoms with E-state index >= 15 is 0 Å². The molecule has 1 aromatic heterocycles. The molecule has 0 aliphatic heterocycles. The van der Waals surface area contributed by atoms with Crippen LogP contribution in [0.5, 0.6) is 0 Å². The lowest BCUT2D eigenvalue weighted by Gasteiger charge is -2.13. The van der Waals surface area contributed by atoms with Gasteiger partial charge in [-0.25, -0.2) is 9.97 Å². The van der Waals surface area contributed by atoms with Gasteiger partial charge in [0, 0.05) is 16.5 Å². The van der Waals surface area contributed by atoms with Crippen molar-refractivity contribution in [3.05, 3.63) is 194 Å². The molecule has 0 N–H and O–H groups in total. The van der Waals surface area contributed by atoms with Gasteiger partial charge in [-0.05, 0) is 79.5 Å². The van der Waals surface area contributed by atoms with E-state index in [-0.39, 0.29) is 0 Å². The molecule has 2 heteroatoms. The number of nitrogens with zero attached hydrogens (tertiary/aromatic N) is 2. The highest BCUT2D eigenvalue weighted by Gasteiger charge is 2.15. The predicted octanol–water partition coefficient (Wildman–Crippen LogP) is 12.8.